The second-order valence-electron chi connectivity index (χ2n) is 5.96. The number of hydrogen-bond donors (Lipinski definition) is 1. The third-order valence-electron chi connectivity index (χ3n) is 4.17. The van der Waals surface area contributed by atoms with Crippen LogP contribution in [0.4, 0.5) is 0 Å². The van der Waals surface area contributed by atoms with E-state index in [1.807, 2.05) is 0 Å². The maximum atomic E-state index is 3.60. The van der Waals surface area contributed by atoms with Crippen LogP contribution in [0.25, 0.3) is 0 Å². The summed E-state index contributed by atoms with van der Waals surface area (Å²) in [6, 6.07) is 4.57. The van der Waals surface area contributed by atoms with E-state index in [0.29, 0.717) is 0 Å². The van der Waals surface area contributed by atoms with Crippen molar-refractivity contribution in [1.29, 1.82) is 0 Å². The lowest BCUT2D eigenvalue weighted by molar-refractivity contribution is 0.331. The Morgan fingerprint density at radius 2 is 1.68 bits per heavy atom. The highest BCUT2D eigenvalue weighted by molar-refractivity contribution is 5.37. The van der Waals surface area contributed by atoms with Gasteiger partial charge in [-0.25, -0.2) is 0 Å². The fourth-order valence-electron chi connectivity index (χ4n) is 3.14. The lowest BCUT2D eigenvalue weighted by atomic mass is 10.00. The van der Waals surface area contributed by atoms with E-state index in [1.165, 1.54) is 61.2 Å². The van der Waals surface area contributed by atoms with Crippen LogP contribution in [-0.4, -0.2) is 31.1 Å². The van der Waals surface area contributed by atoms with Gasteiger partial charge in [-0.05, 0) is 82.9 Å². The van der Waals surface area contributed by atoms with E-state index in [9.17, 15) is 0 Å². The van der Waals surface area contributed by atoms with Crippen molar-refractivity contribution in [2.45, 2.75) is 46.6 Å². The Kier molecular flexibility index (Phi) is 5.41. The smallest absolute Gasteiger partial charge is 0.0210 e. The van der Waals surface area contributed by atoms with Crippen molar-refractivity contribution >= 4 is 0 Å². The lowest BCUT2D eigenvalue weighted by Crippen LogP contribution is -2.25. The molecule has 1 fully saturated rings. The molecule has 0 aliphatic carbocycles. The Hall–Kier alpha value is -0.860. The van der Waals surface area contributed by atoms with Gasteiger partial charge in [0.05, 0.1) is 0 Å². The molecule has 2 nitrogen and oxygen atoms in total. The van der Waals surface area contributed by atoms with Crippen LogP contribution in [0.2, 0.25) is 0 Å². The zero-order valence-corrected chi connectivity index (χ0v) is 12.8. The highest BCUT2D eigenvalue weighted by Crippen LogP contribution is 2.16. The maximum Gasteiger partial charge on any atom is 0.0210 e. The Morgan fingerprint density at radius 3 is 2.32 bits per heavy atom. The van der Waals surface area contributed by atoms with E-state index < -0.39 is 0 Å². The molecular weight excluding hydrogens is 232 g/mol. The summed E-state index contributed by atoms with van der Waals surface area (Å²) in [7, 11) is 0. The maximum absolute atomic E-state index is 3.60. The van der Waals surface area contributed by atoms with Crippen LogP contribution in [0.3, 0.4) is 0 Å². The fraction of sp³-hybridized carbons (Fsp3) is 0.647. The van der Waals surface area contributed by atoms with Gasteiger partial charge < -0.3 is 10.2 Å². The van der Waals surface area contributed by atoms with Crippen molar-refractivity contribution in [3.63, 3.8) is 0 Å². The summed E-state index contributed by atoms with van der Waals surface area (Å²) in [6.07, 6.45) is 4.06. The van der Waals surface area contributed by atoms with Crippen LogP contribution >= 0.6 is 0 Å². The third-order valence-corrected chi connectivity index (χ3v) is 4.17. The summed E-state index contributed by atoms with van der Waals surface area (Å²) < 4.78 is 0. The molecule has 0 spiro atoms. The van der Waals surface area contributed by atoms with Gasteiger partial charge in [-0.1, -0.05) is 17.7 Å². The standard InChI is InChI=1S/C17H28N2/c1-14-11-15(2)17(16(3)12-14)13-18-7-6-10-19-8-4-5-9-19/h11-12,18H,4-10,13H2,1-3H3. The summed E-state index contributed by atoms with van der Waals surface area (Å²) in [5, 5.41) is 3.60. The second-order valence-corrected chi connectivity index (χ2v) is 5.96. The molecule has 1 aliphatic heterocycles. The SMILES string of the molecule is Cc1cc(C)c(CNCCCN2CCCC2)c(C)c1. The van der Waals surface area contributed by atoms with Crippen molar-refractivity contribution in [2.24, 2.45) is 0 Å². The quantitative estimate of drug-likeness (QED) is 0.790. The molecule has 0 bridgehead atoms. The van der Waals surface area contributed by atoms with Gasteiger partial charge in [0.25, 0.3) is 0 Å². The van der Waals surface area contributed by atoms with E-state index >= 15 is 0 Å². The monoisotopic (exact) mass is 260 g/mol. The summed E-state index contributed by atoms with van der Waals surface area (Å²) in [6.45, 7) is 12.7. The molecule has 1 aliphatic rings. The van der Waals surface area contributed by atoms with Gasteiger partial charge >= 0.3 is 0 Å². The molecule has 0 saturated carbocycles. The molecule has 1 heterocycles. The zero-order chi connectivity index (χ0) is 13.7. The summed E-state index contributed by atoms with van der Waals surface area (Å²) in [4.78, 5) is 2.59. The van der Waals surface area contributed by atoms with Gasteiger partial charge in [0.2, 0.25) is 0 Å². The molecule has 2 heteroatoms. The molecule has 2 rings (SSSR count). The number of nitrogens with zero attached hydrogens (tertiary/aromatic N) is 1. The molecule has 1 aromatic carbocycles. The largest absolute Gasteiger partial charge is 0.313 e. The van der Waals surface area contributed by atoms with Crippen LogP contribution < -0.4 is 5.32 Å². The lowest BCUT2D eigenvalue weighted by Gasteiger charge is -2.15. The van der Waals surface area contributed by atoms with Gasteiger partial charge in [0.1, 0.15) is 0 Å². The molecule has 19 heavy (non-hydrogen) atoms. The minimum atomic E-state index is 1.01. The Labute approximate surface area is 118 Å². The van der Waals surface area contributed by atoms with E-state index in [0.717, 1.165) is 13.1 Å². The Morgan fingerprint density at radius 1 is 1.05 bits per heavy atom. The Balaban J connectivity index is 1.70. The normalized spacial score (nSPS) is 16.2. The highest BCUT2D eigenvalue weighted by atomic mass is 15.1. The van der Waals surface area contributed by atoms with E-state index in [-0.39, 0.29) is 0 Å². The minimum absolute atomic E-state index is 1.01. The zero-order valence-electron chi connectivity index (χ0n) is 12.8. The summed E-state index contributed by atoms with van der Waals surface area (Å²) in [5.41, 5.74) is 5.69. The van der Waals surface area contributed by atoms with Crippen molar-refractivity contribution in [2.75, 3.05) is 26.2 Å². The Bertz CT molecular complexity index is 383. The van der Waals surface area contributed by atoms with Gasteiger partial charge in [0, 0.05) is 6.54 Å². The van der Waals surface area contributed by atoms with Gasteiger partial charge in [-0.3, -0.25) is 0 Å². The van der Waals surface area contributed by atoms with Gasteiger partial charge in [0.15, 0.2) is 0 Å². The van der Waals surface area contributed by atoms with Crippen LogP contribution in [0.15, 0.2) is 12.1 Å². The van der Waals surface area contributed by atoms with E-state index in [4.69, 9.17) is 0 Å². The molecule has 0 unspecified atom stereocenters. The van der Waals surface area contributed by atoms with Crippen molar-refractivity contribution < 1.29 is 0 Å². The average molecular weight is 260 g/mol. The fourth-order valence-corrected chi connectivity index (χ4v) is 3.14. The molecule has 1 saturated heterocycles. The van der Waals surface area contributed by atoms with E-state index in [1.54, 1.807) is 0 Å². The number of aryl methyl sites for hydroxylation is 3. The molecule has 0 amide bonds. The molecule has 0 radical (unpaired) electrons. The van der Waals surface area contributed by atoms with Crippen molar-refractivity contribution in [3.8, 4) is 0 Å². The van der Waals surface area contributed by atoms with Crippen LogP contribution in [-0.2, 0) is 6.54 Å². The minimum Gasteiger partial charge on any atom is -0.313 e. The highest BCUT2D eigenvalue weighted by Gasteiger charge is 2.10. The number of benzene rings is 1. The van der Waals surface area contributed by atoms with Crippen LogP contribution in [0.5, 0.6) is 0 Å². The van der Waals surface area contributed by atoms with Crippen molar-refractivity contribution in [1.82, 2.24) is 10.2 Å². The number of nitrogens with one attached hydrogen (secondary N) is 1. The van der Waals surface area contributed by atoms with Crippen LogP contribution in [0, 0.1) is 20.8 Å². The topological polar surface area (TPSA) is 15.3 Å². The summed E-state index contributed by atoms with van der Waals surface area (Å²) in [5.74, 6) is 0. The first-order valence-electron chi connectivity index (χ1n) is 7.66. The number of rotatable bonds is 6. The number of hydrogen-bond acceptors (Lipinski definition) is 2. The molecular formula is C17H28N2. The van der Waals surface area contributed by atoms with Crippen LogP contribution in [0.1, 0.15) is 41.5 Å². The first-order chi connectivity index (χ1) is 9.16. The average Bonchev–Trinajstić information content (AvgIpc) is 2.84. The molecule has 0 atom stereocenters. The molecule has 0 aromatic heterocycles. The van der Waals surface area contributed by atoms with Gasteiger partial charge in [-0.15, -0.1) is 0 Å². The van der Waals surface area contributed by atoms with Crippen molar-refractivity contribution in [3.05, 3.63) is 34.4 Å². The molecule has 1 aromatic rings. The first-order valence-corrected chi connectivity index (χ1v) is 7.66. The second kappa shape index (κ2) is 7.06. The van der Waals surface area contributed by atoms with Gasteiger partial charge in [-0.2, -0.15) is 0 Å². The predicted molar refractivity (Wildman–Crippen MR) is 82.7 cm³/mol. The summed E-state index contributed by atoms with van der Waals surface area (Å²) >= 11 is 0. The number of likely N-dealkylation sites (tertiary alicyclic amines) is 1. The molecule has 1 N–H and O–H groups in total. The first kappa shape index (κ1) is 14.5. The predicted octanol–water partition coefficient (Wildman–Crippen LogP) is 3.19. The van der Waals surface area contributed by atoms with E-state index in [2.05, 4.69) is 43.1 Å². The molecule has 106 valence electrons. The third kappa shape index (κ3) is 4.32.